The smallest absolute Gasteiger partial charge is 0.264 e. The molecule has 0 bridgehead atoms. The van der Waals surface area contributed by atoms with E-state index < -0.39 is 34.3 Å². The van der Waals surface area contributed by atoms with Crippen molar-refractivity contribution in [2.75, 3.05) is 24.0 Å². The Morgan fingerprint density at radius 2 is 1.57 bits per heavy atom. The molecule has 3 aromatic rings. The lowest BCUT2D eigenvalue weighted by Crippen LogP contribution is -2.52. The highest BCUT2D eigenvalue weighted by atomic mass is 32.2. The van der Waals surface area contributed by atoms with Gasteiger partial charge in [0.1, 0.15) is 24.2 Å². The Bertz CT molecular complexity index is 1410. The van der Waals surface area contributed by atoms with Crippen LogP contribution < -0.4 is 14.4 Å². The van der Waals surface area contributed by atoms with Crippen LogP contribution in [0, 0.1) is 12.7 Å². The Morgan fingerprint density at radius 3 is 2.14 bits per heavy atom. The molecule has 0 aliphatic heterocycles. The zero-order chi connectivity index (χ0) is 30.7. The van der Waals surface area contributed by atoms with E-state index in [0.29, 0.717) is 30.9 Å². The normalized spacial score (nSPS) is 11.9. The summed E-state index contributed by atoms with van der Waals surface area (Å²) in [6.07, 6.45) is 1.98. The third-order valence-corrected chi connectivity index (χ3v) is 8.59. The van der Waals surface area contributed by atoms with Gasteiger partial charge in [-0.3, -0.25) is 13.9 Å². The quantitative estimate of drug-likeness (QED) is 0.235. The molecule has 0 spiro atoms. The van der Waals surface area contributed by atoms with Crippen LogP contribution in [0.15, 0.2) is 77.7 Å². The average Bonchev–Trinajstić information content (AvgIpc) is 2.97. The average molecular weight is 598 g/mol. The highest BCUT2D eigenvalue weighted by molar-refractivity contribution is 7.92. The van der Waals surface area contributed by atoms with Gasteiger partial charge < -0.3 is 15.0 Å². The number of aryl methyl sites for hydroxylation is 1. The number of carbonyl (C=O) groups excluding carboxylic acids is 2. The second-order valence-corrected chi connectivity index (χ2v) is 11.8. The van der Waals surface area contributed by atoms with Gasteiger partial charge in [0.05, 0.1) is 17.2 Å². The molecule has 0 saturated carbocycles. The fourth-order valence-electron chi connectivity index (χ4n) is 4.45. The molecule has 1 unspecified atom stereocenters. The van der Waals surface area contributed by atoms with E-state index in [1.165, 1.54) is 29.2 Å². The number of anilines is 1. The van der Waals surface area contributed by atoms with Crippen LogP contribution in [0.4, 0.5) is 10.1 Å². The molecule has 1 N–H and O–H groups in total. The predicted octanol–water partition coefficient (Wildman–Crippen LogP) is 5.45. The topological polar surface area (TPSA) is 96.0 Å². The summed E-state index contributed by atoms with van der Waals surface area (Å²) in [6, 6.07) is 17.7. The third-order valence-electron chi connectivity index (χ3n) is 6.81. The lowest BCUT2D eigenvalue weighted by molar-refractivity contribution is -0.140. The summed E-state index contributed by atoms with van der Waals surface area (Å²) in [5, 5.41) is 2.89. The third kappa shape index (κ3) is 8.55. The zero-order valence-electron chi connectivity index (χ0n) is 24.7. The molecule has 0 radical (unpaired) electrons. The molecule has 1 atom stereocenters. The van der Waals surface area contributed by atoms with Gasteiger partial charge in [0.2, 0.25) is 11.8 Å². The van der Waals surface area contributed by atoms with Crippen molar-refractivity contribution in [2.24, 2.45) is 0 Å². The minimum absolute atomic E-state index is 0.000511. The molecular formula is C32H40FN3O5S. The first-order valence-corrected chi connectivity index (χ1v) is 15.7. The molecule has 0 fully saturated rings. The standard InChI is InChI=1S/C32H40FN3O5S/c1-5-8-21-34-32(38)30(6-2)35(22-25-11-13-26(33)14-12-25)31(37)23-36(27-15-17-28(18-16-27)41-7-3)42(39,40)29-19-9-24(4)10-20-29/h9-20,30H,5-8,21-23H2,1-4H3,(H,34,38). The first-order chi connectivity index (χ1) is 20.1. The first-order valence-electron chi connectivity index (χ1n) is 14.2. The minimum Gasteiger partial charge on any atom is -0.494 e. The molecule has 42 heavy (non-hydrogen) atoms. The van der Waals surface area contributed by atoms with Crippen molar-refractivity contribution in [1.82, 2.24) is 10.2 Å². The van der Waals surface area contributed by atoms with Crippen molar-refractivity contribution < 1.29 is 27.1 Å². The van der Waals surface area contributed by atoms with Crippen molar-refractivity contribution in [2.45, 2.75) is 64.4 Å². The number of nitrogens with one attached hydrogen (secondary N) is 1. The van der Waals surface area contributed by atoms with Crippen LogP contribution in [-0.4, -0.2) is 50.9 Å². The number of nitrogens with zero attached hydrogens (tertiary/aromatic N) is 2. The van der Waals surface area contributed by atoms with Crippen molar-refractivity contribution in [3.63, 3.8) is 0 Å². The van der Waals surface area contributed by atoms with Gasteiger partial charge in [0.25, 0.3) is 10.0 Å². The van der Waals surface area contributed by atoms with Crippen LogP contribution in [0.3, 0.4) is 0 Å². The molecular weight excluding hydrogens is 557 g/mol. The largest absolute Gasteiger partial charge is 0.494 e. The maximum Gasteiger partial charge on any atom is 0.264 e. The number of benzene rings is 3. The second-order valence-electron chi connectivity index (χ2n) is 9.97. The monoisotopic (exact) mass is 597 g/mol. The van der Waals surface area contributed by atoms with Crippen LogP contribution in [0.25, 0.3) is 0 Å². The van der Waals surface area contributed by atoms with E-state index >= 15 is 0 Å². The van der Waals surface area contributed by atoms with Crippen LogP contribution in [0.5, 0.6) is 5.75 Å². The molecule has 8 nitrogen and oxygen atoms in total. The molecule has 0 aromatic heterocycles. The Labute approximate surface area is 248 Å². The van der Waals surface area contributed by atoms with Gasteiger partial charge >= 0.3 is 0 Å². The van der Waals surface area contributed by atoms with E-state index in [1.54, 1.807) is 55.5 Å². The maximum absolute atomic E-state index is 14.1. The van der Waals surface area contributed by atoms with Crippen molar-refractivity contribution in [3.05, 3.63) is 89.7 Å². The van der Waals surface area contributed by atoms with Gasteiger partial charge in [-0.1, -0.05) is 50.1 Å². The molecule has 10 heteroatoms. The van der Waals surface area contributed by atoms with Gasteiger partial charge in [-0.15, -0.1) is 0 Å². The van der Waals surface area contributed by atoms with E-state index in [2.05, 4.69) is 5.32 Å². The molecule has 0 heterocycles. The first kappa shape index (κ1) is 32.6. The van der Waals surface area contributed by atoms with Crippen molar-refractivity contribution in [1.29, 1.82) is 0 Å². The van der Waals surface area contributed by atoms with Crippen LogP contribution in [-0.2, 0) is 26.2 Å². The number of hydrogen-bond acceptors (Lipinski definition) is 5. The zero-order valence-corrected chi connectivity index (χ0v) is 25.5. The lowest BCUT2D eigenvalue weighted by Gasteiger charge is -2.33. The number of rotatable bonds is 15. The van der Waals surface area contributed by atoms with Gasteiger partial charge in [-0.05, 0) is 80.8 Å². The number of hydrogen-bond donors (Lipinski definition) is 1. The van der Waals surface area contributed by atoms with Gasteiger partial charge in [0.15, 0.2) is 0 Å². The number of amides is 2. The molecule has 0 aliphatic carbocycles. The SMILES string of the molecule is CCCCNC(=O)C(CC)N(Cc1ccc(F)cc1)C(=O)CN(c1ccc(OCC)cc1)S(=O)(=O)c1ccc(C)cc1. The summed E-state index contributed by atoms with van der Waals surface area (Å²) in [4.78, 5) is 28.7. The number of halogens is 1. The molecule has 3 aromatic carbocycles. The van der Waals surface area contributed by atoms with Gasteiger partial charge in [-0.2, -0.15) is 0 Å². The van der Waals surface area contributed by atoms with E-state index in [1.807, 2.05) is 20.8 Å². The minimum atomic E-state index is -4.18. The summed E-state index contributed by atoms with van der Waals surface area (Å²) in [7, 11) is -4.18. The van der Waals surface area contributed by atoms with E-state index in [-0.39, 0.29) is 23.0 Å². The highest BCUT2D eigenvalue weighted by Crippen LogP contribution is 2.27. The number of unbranched alkanes of at least 4 members (excludes halogenated alkanes) is 1. The van der Waals surface area contributed by atoms with Crippen molar-refractivity contribution in [3.8, 4) is 5.75 Å². The van der Waals surface area contributed by atoms with E-state index in [9.17, 15) is 22.4 Å². The molecule has 3 rings (SSSR count). The summed E-state index contributed by atoms with van der Waals surface area (Å²) >= 11 is 0. The molecule has 0 saturated heterocycles. The molecule has 226 valence electrons. The predicted molar refractivity (Wildman–Crippen MR) is 162 cm³/mol. The Hall–Kier alpha value is -3.92. The second kappa shape index (κ2) is 15.3. The Balaban J connectivity index is 2.03. The lowest BCUT2D eigenvalue weighted by atomic mass is 10.1. The summed E-state index contributed by atoms with van der Waals surface area (Å²) in [5.74, 6) is -0.753. The summed E-state index contributed by atoms with van der Waals surface area (Å²) in [6.45, 7) is 7.86. The van der Waals surface area contributed by atoms with Crippen molar-refractivity contribution >= 4 is 27.5 Å². The molecule has 2 amide bonds. The number of sulfonamides is 1. The number of carbonyl (C=O) groups is 2. The van der Waals surface area contributed by atoms with Crippen LogP contribution in [0.2, 0.25) is 0 Å². The summed E-state index contributed by atoms with van der Waals surface area (Å²) in [5.41, 5.74) is 1.77. The highest BCUT2D eigenvalue weighted by Gasteiger charge is 2.33. The Morgan fingerprint density at radius 1 is 0.929 bits per heavy atom. The van der Waals surface area contributed by atoms with E-state index in [4.69, 9.17) is 4.74 Å². The van der Waals surface area contributed by atoms with Gasteiger partial charge in [-0.25, -0.2) is 12.8 Å². The van der Waals surface area contributed by atoms with Gasteiger partial charge in [0, 0.05) is 13.1 Å². The number of ether oxygens (including phenoxy) is 1. The maximum atomic E-state index is 14.1. The molecule has 0 aliphatic rings. The fraction of sp³-hybridized carbons (Fsp3) is 0.375. The van der Waals surface area contributed by atoms with E-state index in [0.717, 1.165) is 22.7 Å². The summed E-state index contributed by atoms with van der Waals surface area (Å²) < 4.78 is 48.1. The fourth-order valence-corrected chi connectivity index (χ4v) is 5.87. The van der Waals surface area contributed by atoms with Crippen LogP contribution in [0.1, 0.15) is 51.2 Å². The van der Waals surface area contributed by atoms with Crippen LogP contribution >= 0.6 is 0 Å². The Kier molecular flexibility index (Phi) is 11.9.